The number of carbonyl (C=O) groups excluding carboxylic acids is 1. The average molecular weight is 338 g/mol. The van der Waals surface area contributed by atoms with E-state index in [0.717, 1.165) is 40.7 Å². The Morgan fingerprint density at radius 1 is 1.28 bits per heavy atom. The van der Waals surface area contributed by atoms with Crippen molar-refractivity contribution in [2.75, 3.05) is 6.54 Å². The Balaban J connectivity index is 1.80. The topological polar surface area (TPSA) is 61.8 Å². The number of ether oxygens (including phenoxy) is 1. The molecule has 2 aromatic rings. The summed E-state index contributed by atoms with van der Waals surface area (Å²) in [5, 5.41) is 15.1. The van der Waals surface area contributed by atoms with Crippen LogP contribution in [0.2, 0.25) is 0 Å². The van der Waals surface area contributed by atoms with Gasteiger partial charge in [0.05, 0.1) is 6.54 Å². The van der Waals surface area contributed by atoms with Gasteiger partial charge < -0.3 is 10.1 Å². The smallest absolute Gasteiger partial charge is 0.341 e. The van der Waals surface area contributed by atoms with Crippen LogP contribution in [-0.4, -0.2) is 22.8 Å². The number of urea groups is 1. The molecular formula is C20H22N2O3. The molecule has 3 rings (SSSR count). The van der Waals surface area contributed by atoms with Crippen LogP contribution < -0.4 is 10.1 Å². The lowest BCUT2D eigenvalue weighted by Crippen LogP contribution is -2.37. The number of rotatable bonds is 5. The number of hydrogen-bond acceptors (Lipinski definition) is 3. The molecule has 1 aliphatic carbocycles. The van der Waals surface area contributed by atoms with Gasteiger partial charge in [0.1, 0.15) is 11.5 Å². The molecule has 25 heavy (non-hydrogen) atoms. The molecule has 2 aromatic carbocycles. The van der Waals surface area contributed by atoms with E-state index in [9.17, 15) is 10.0 Å². The van der Waals surface area contributed by atoms with Crippen LogP contribution in [0.3, 0.4) is 0 Å². The van der Waals surface area contributed by atoms with Crippen LogP contribution in [0.4, 0.5) is 4.79 Å². The lowest BCUT2D eigenvalue weighted by molar-refractivity contribution is -0.0505. The summed E-state index contributed by atoms with van der Waals surface area (Å²) >= 11 is 0. The van der Waals surface area contributed by atoms with Crippen molar-refractivity contribution in [1.29, 1.82) is 0 Å². The van der Waals surface area contributed by atoms with Gasteiger partial charge in [-0.3, -0.25) is 5.21 Å². The summed E-state index contributed by atoms with van der Waals surface area (Å²) in [5.41, 5.74) is 0.843. The van der Waals surface area contributed by atoms with Crippen molar-refractivity contribution in [2.45, 2.75) is 26.3 Å². The summed E-state index contributed by atoms with van der Waals surface area (Å²) < 4.78 is 6.01. The Labute approximate surface area is 147 Å². The minimum Gasteiger partial charge on any atom is -0.457 e. The van der Waals surface area contributed by atoms with Gasteiger partial charge in [-0.25, -0.2) is 9.86 Å². The fourth-order valence-corrected chi connectivity index (χ4v) is 2.77. The van der Waals surface area contributed by atoms with Crippen molar-refractivity contribution >= 4 is 16.8 Å². The minimum atomic E-state index is -0.504. The Morgan fingerprint density at radius 3 is 2.92 bits per heavy atom. The second kappa shape index (κ2) is 7.85. The van der Waals surface area contributed by atoms with E-state index in [2.05, 4.69) is 17.5 Å². The lowest BCUT2D eigenvalue weighted by Gasteiger charge is -2.16. The fourth-order valence-electron chi connectivity index (χ4n) is 2.77. The third-order valence-electron chi connectivity index (χ3n) is 3.99. The normalized spacial score (nSPS) is 13.4. The van der Waals surface area contributed by atoms with Gasteiger partial charge in [0, 0.05) is 11.9 Å². The minimum absolute atomic E-state index is 0.126. The van der Waals surface area contributed by atoms with E-state index in [1.807, 2.05) is 42.5 Å². The molecule has 0 unspecified atom stereocenters. The number of allylic oxidation sites excluding steroid dienone is 3. The molecule has 0 radical (unpaired) electrons. The molecule has 2 N–H and O–H groups in total. The summed E-state index contributed by atoms with van der Waals surface area (Å²) in [6.07, 6.45) is 8.23. The van der Waals surface area contributed by atoms with Gasteiger partial charge in [0.2, 0.25) is 0 Å². The standard InChI is InChI=1S/C20H22N2O3/c1-2-21-20(23)22(24)14-15-11-12-18-16(13-15)7-6-10-19(18)25-17-8-4-3-5-9-17/h4,6-13,24H,2-3,5,14H2,1H3,(H,21,23). The van der Waals surface area contributed by atoms with Gasteiger partial charge in [-0.2, -0.15) is 0 Å². The molecule has 0 bridgehead atoms. The van der Waals surface area contributed by atoms with Crippen molar-refractivity contribution in [3.05, 3.63) is 65.9 Å². The number of benzene rings is 2. The maximum absolute atomic E-state index is 11.6. The van der Waals surface area contributed by atoms with Crippen LogP contribution in [0, 0.1) is 0 Å². The van der Waals surface area contributed by atoms with Gasteiger partial charge in [-0.15, -0.1) is 0 Å². The van der Waals surface area contributed by atoms with Crippen molar-refractivity contribution in [2.24, 2.45) is 0 Å². The number of nitrogens with one attached hydrogen (secondary N) is 1. The van der Waals surface area contributed by atoms with Crippen molar-refractivity contribution in [1.82, 2.24) is 10.4 Å². The molecule has 0 atom stereocenters. The first kappa shape index (κ1) is 17.0. The van der Waals surface area contributed by atoms with E-state index in [-0.39, 0.29) is 6.54 Å². The third kappa shape index (κ3) is 4.19. The number of amides is 2. The second-order valence-electron chi connectivity index (χ2n) is 5.89. The van der Waals surface area contributed by atoms with Gasteiger partial charge in [0.15, 0.2) is 0 Å². The first-order valence-corrected chi connectivity index (χ1v) is 8.48. The first-order valence-electron chi connectivity index (χ1n) is 8.48. The highest BCUT2D eigenvalue weighted by Gasteiger charge is 2.11. The summed E-state index contributed by atoms with van der Waals surface area (Å²) in [6, 6.07) is 11.2. The van der Waals surface area contributed by atoms with E-state index >= 15 is 0 Å². The molecule has 130 valence electrons. The van der Waals surface area contributed by atoms with E-state index in [4.69, 9.17) is 4.74 Å². The molecule has 0 heterocycles. The highest BCUT2D eigenvalue weighted by Crippen LogP contribution is 2.29. The van der Waals surface area contributed by atoms with Gasteiger partial charge in [0.25, 0.3) is 0 Å². The summed E-state index contributed by atoms with van der Waals surface area (Å²) in [4.78, 5) is 11.6. The molecule has 2 amide bonds. The molecular weight excluding hydrogens is 316 g/mol. The highest BCUT2D eigenvalue weighted by molar-refractivity contribution is 5.89. The van der Waals surface area contributed by atoms with Gasteiger partial charge in [-0.05, 0) is 55.0 Å². The zero-order valence-corrected chi connectivity index (χ0v) is 14.2. The monoisotopic (exact) mass is 338 g/mol. The molecule has 1 aliphatic rings. The number of hydrogen-bond donors (Lipinski definition) is 2. The van der Waals surface area contributed by atoms with Crippen LogP contribution in [0.1, 0.15) is 25.3 Å². The average Bonchev–Trinajstić information content (AvgIpc) is 2.63. The van der Waals surface area contributed by atoms with Crippen LogP contribution in [0.25, 0.3) is 10.8 Å². The number of fused-ring (bicyclic) bond motifs is 1. The zero-order chi connectivity index (χ0) is 17.6. The Bertz CT molecular complexity index is 827. The molecule has 0 aromatic heterocycles. The Kier molecular flexibility index (Phi) is 5.36. The van der Waals surface area contributed by atoms with Gasteiger partial charge in [-0.1, -0.05) is 30.3 Å². The number of hydroxylamine groups is 2. The van der Waals surface area contributed by atoms with E-state index in [1.54, 1.807) is 6.92 Å². The molecule has 0 saturated heterocycles. The largest absolute Gasteiger partial charge is 0.457 e. The van der Waals surface area contributed by atoms with Crippen LogP contribution in [-0.2, 0) is 6.54 Å². The van der Waals surface area contributed by atoms with E-state index in [0.29, 0.717) is 11.6 Å². The predicted octanol–water partition coefficient (Wildman–Crippen LogP) is 4.37. The Hall–Kier alpha value is -2.79. The summed E-state index contributed by atoms with van der Waals surface area (Å²) in [6.45, 7) is 2.40. The van der Waals surface area contributed by atoms with Crippen molar-refractivity contribution in [3.63, 3.8) is 0 Å². The molecule has 5 heteroatoms. The van der Waals surface area contributed by atoms with Crippen LogP contribution in [0.15, 0.2) is 60.4 Å². The van der Waals surface area contributed by atoms with E-state index < -0.39 is 6.03 Å². The van der Waals surface area contributed by atoms with Crippen LogP contribution >= 0.6 is 0 Å². The predicted molar refractivity (Wildman–Crippen MR) is 97.4 cm³/mol. The third-order valence-corrected chi connectivity index (χ3v) is 3.99. The maximum Gasteiger partial charge on any atom is 0.341 e. The lowest BCUT2D eigenvalue weighted by atomic mass is 10.1. The van der Waals surface area contributed by atoms with E-state index in [1.165, 1.54) is 0 Å². The quantitative estimate of drug-likeness (QED) is 0.628. The Morgan fingerprint density at radius 2 is 2.16 bits per heavy atom. The number of nitrogens with zero attached hydrogens (tertiary/aromatic N) is 1. The first-order chi connectivity index (χ1) is 12.2. The zero-order valence-electron chi connectivity index (χ0n) is 14.2. The van der Waals surface area contributed by atoms with Crippen molar-refractivity contribution < 1.29 is 14.7 Å². The highest BCUT2D eigenvalue weighted by atomic mass is 16.5. The summed E-state index contributed by atoms with van der Waals surface area (Å²) in [5.74, 6) is 1.66. The molecule has 0 fully saturated rings. The summed E-state index contributed by atoms with van der Waals surface area (Å²) in [7, 11) is 0. The molecule has 5 nitrogen and oxygen atoms in total. The molecule has 0 spiro atoms. The number of carbonyl (C=O) groups is 1. The second-order valence-corrected chi connectivity index (χ2v) is 5.89. The molecule has 0 aliphatic heterocycles. The molecule has 0 saturated carbocycles. The van der Waals surface area contributed by atoms with Crippen LogP contribution in [0.5, 0.6) is 5.75 Å². The SMILES string of the molecule is CCNC(=O)N(O)Cc1ccc2c(OC3=CCCC=C3)cccc2c1. The van der Waals surface area contributed by atoms with Crippen molar-refractivity contribution in [3.8, 4) is 5.75 Å². The fraction of sp³-hybridized carbons (Fsp3) is 0.250. The maximum atomic E-state index is 11.6. The van der Waals surface area contributed by atoms with Gasteiger partial charge >= 0.3 is 6.03 Å².